The Bertz CT molecular complexity index is 432. The van der Waals surface area contributed by atoms with Gasteiger partial charge in [0.1, 0.15) is 6.54 Å². The van der Waals surface area contributed by atoms with E-state index in [0.29, 0.717) is 13.0 Å². The zero-order valence-corrected chi connectivity index (χ0v) is 11.6. The number of hydrogen-bond donors (Lipinski definition) is 3. The Kier molecular flexibility index (Phi) is 5.55. The van der Waals surface area contributed by atoms with Crippen LogP contribution in [0.15, 0.2) is 0 Å². The Morgan fingerprint density at radius 2 is 1.95 bits per heavy atom. The van der Waals surface area contributed by atoms with Gasteiger partial charge in [0.15, 0.2) is 0 Å². The zero-order valence-electron chi connectivity index (χ0n) is 10.8. The molecule has 1 saturated carbocycles. The van der Waals surface area contributed by atoms with Crippen LogP contribution in [0.3, 0.4) is 0 Å². The van der Waals surface area contributed by atoms with Crippen LogP contribution in [-0.4, -0.2) is 62.4 Å². The van der Waals surface area contributed by atoms with Gasteiger partial charge in [0.25, 0.3) is 0 Å². The lowest BCUT2D eigenvalue weighted by molar-refractivity contribution is -0.137. The monoisotopic (exact) mass is 293 g/mol. The van der Waals surface area contributed by atoms with Crippen molar-refractivity contribution in [1.29, 1.82) is 0 Å². The van der Waals surface area contributed by atoms with Crippen molar-refractivity contribution in [2.75, 3.05) is 25.9 Å². The molecule has 0 saturated heterocycles. The zero-order chi connectivity index (χ0) is 14.5. The fraction of sp³-hybridized carbons (Fsp3) is 0.800. The molecular formula is C10H19N3O5S. The molecule has 1 aliphatic rings. The van der Waals surface area contributed by atoms with E-state index < -0.39 is 22.0 Å². The lowest BCUT2D eigenvalue weighted by atomic mass is 10.4. The van der Waals surface area contributed by atoms with Crippen LogP contribution < -0.4 is 10.0 Å². The maximum atomic E-state index is 11.7. The van der Waals surface area contributed by atoms with Crippen LogP contribution in [0.2, 0.25) is 0 Å². The number of carboxylic acid groups (broad SMARTS) is 1. The van der Waals surface area contributed by atoms with Crippen LogP contribution >= 0.6 is 0 Å². The summed E-state index contributed by atoms with van der Waals surface area (Å²) in [5.41, 5.74) is 0. The average Bonchev–Trinajstić information content (AvgIpc) is 3.07. The third kappa shape index (κ3) is 6.97. The van der Waals surface area contributed by atoms with E-state index in [1.807, 2.05) is 0 Å². The largest absolute Gasteiger partial charge is 0.480 e. The Balaban J connectivity index is 2.23. The van der Waals surface area contributed by atoms with E-state index in [-0.39, 0.29) is 19.1 Å². The number of hydrogen-bond acceptors (Lipinski definition) is 4. The molecule has 3 N–H and O–H groups in total. The van der Waals surface area contributed by atoms with Crippen molar-refractivity contribution in [2.24, 2.45) is 0 Å². The van der Waals surface area contributed by atoms with Gasteiger partial charge in [0.05, 0.1) is 6.26 Å². The molecule has 9 heteroatoms. The molecule has 2 amide bonds. The molecule has 0 atom stereocenters. The standard InChI is InChI=1S/C10H19N3O5S/c1-19(17,18)12-6-2-5-11-10(16)13(7-9(14)15)8-3-4-8/h8,12H,2-7H2,1H3,(H,11,16)(H,14,15). The topological polar surface area (TPSA) is 116 Å². The number of urea groups is 1. The van der Waals surface area contributed by atoms with Crippen molar-refractivity contribution in [3.63, 3.8) is 0 Å². The maximum Gasteiger partial charge on any atom is 0.323 e. The highest BCUT2D eigenvalue weighted by Crippen LogP contribution is 2.26. The van der Waals surface area contributed by atoms with Crippen LogP contribution in [0, 0.1) is 0 Å². The molecule has 1 rings (SSSR count). The second-order valence-corrected chi connectivity index (χ2v) is 6.34. The molecule has 110 valence electrons. The second-order valence-electron chi connectivity index (χ2n) is 4.50. The predicted molar refractivity (Wildman–Crippen MR) is 68.2 cm³/mol. The molecule has 0 radical (unpaired) electrons. The second kappa shape index (κ2) is 6.71. The summed E-state index contributed by atoms with van der Waals surface area (Å²) in [6, 6.07) is -0.394. The molecule has 1 aliphatic carbocycles. The summed E-state index contributed by atoms with van der Waals surface area (Å²) in [4.78, 5) is 23.7. The van der Waals surface area contributed by atoms with E-state index >= 15 is 0 Å². The van der Waals surface area contributed by atoms with E-state index in [1.54, 1.807) is 0 Å². The molecule has 0 aromatic carbocycles. The molecule has 0 aromatic rings. The first-order valence-corrected chi connectivity index (χ1v) is 7.89. The number of carbonyl (C=O) groups excluding carboxylic acids is 1. The van der Waals surface area contributed by atoms with Crippen LogP contribution in [0.1, 0.15) is 19.3 Å². The molecule has 0 unspecified atom stereocenters. The number of aliphatic carboxylic acids is 1. The summed E-state index contributed by atoms with van der Waals surface area (Å²) in [7, 11) is -3.21. The van der Waals surface area contributed by atoms with Gasteiger partial charge in [-0.05, 0) is 19.3 Å². The van der Waals surface area contributed by atoms with E-state index in [2.05, 4.69) is 10.0 Å². The number of amides is 2. The SMILES string of the molecule is CS(=O)(=O)NCCCNC(=O)N(CC(=O)O)C1CC1. The normalized spacial score (nSPS) is 15.0. The third-order valence-corrected chi connectivity index (χ3v) is 3.28. The minimum absolute atomic E-state index is 0.0187. The van der Waals surface area contributed by atoms with Gasteiger partial charge in [-0.15, -0.1) is 0 Å². The summed E-state index contributed by atoms with van der Waals surface area (Å²) >= 11 is 0. The maximum absolute atomic E-state index is 11.7. The number of carboxylic acids is 1. The fourth-order valence-electron chi connectivity index (χ4n) is 1.54. The van der Waals surface area contributed by atoms with E-state index in [4.69, 9.17) is 5.11 Å². The average molecular weight is 293 g/mol. The number of nitrogens with one attached hydrogen (secondary N) is 2. The Labute approximate surface area is 112 Å². The van der Waals surface area contributed by atoms with Gasteiger partial charge in [-0.2, -0.15) is 0 Å². The highest BCUT2D eigenvalue weighted by atomic mass is 32.2. The molecule has 8 nitrogen and oxygen atoms in total. The van der Waals surface area contributed by atoms with Gasteiger partial charge in [0, 0.05) is 19.1 Å². The minimum Gasteiger partial charge on any atom is -0.480 e. The molecule has 0 spiro atoms. The number of nitrogens with zero attached hydrogens (tertiary/aromatic N) is 1. The van der Waals surface area contributed by atoms with Gasteiger partial charge >= 0.3 is 12.0 Å². The van der Waals surface area contributed by atoms with Crippen molar-refractivity contribution in [2.45, 2.75) is 25.3 Å². The first kappa shape index (κ1) is 15.7. The van der Waals surface area contributed by atoms with Crippen LogP contribution in [0.25, 0.3) is 0 Å². The highest BCUT2D eigenvalue weighted by Gasteiger charge is 2.33. The lowest BCUT2D eigenvalue weighted by Crippen LogP contribution is -2.44. The molecule has 0 heterocycles. The lowest BCUT2D eigenvalue weighted by Gasteiger charge is -2.20. The summed E-state index contributed by atoms with van der Waals surface area (Å²) in [5, 5.41) is 11.3. The number of carbonyl (C=O) groups is 2. The quantitative estimate of drug-likeness (QED) is 0.506. The highest BCUT2D eigenvalue weighted by molar-refractivity contribution is 7.88. The predicted octanol–water partition coefficient (Wildman–Crippen LogP) is -0.816. The molecule has 0 aromatic heterocycles. The smallest absolute Gasteiger partial charge is 0.323 e. The van der Waals surface area contributed by atoms with Gasteiger partial charge in [-0.3, -0.25) is 4.79 Å². The Hall–Kier alpha value is -1.35. The number of sulfonamides is 1. The van der Waals surface area contributed by atoms with Crippen molar-refractivity contribution >= 4 is 22.0 Å². The van der Waals surface area contributed by atoms with Crippen LogP contribution in [0.4, 0.5) is 4.79 Å². The summed E-state index contributed by atoms with van der Waals surface area (Å²) < 4.78 is 23.9. The Morgan fingerprint density at radius 3 is 2.42 bits per heavy atom. The molecule has 0 aliphatic heterocycles. The summed E-state index contributed by atoms with van der Waals surface area (Å²) in [6.07, 6.45) is 3.17. The van der Waals surface area contributed by atoms with Crippen molar-refractivity contribution < 1.29 is 23.1 Å². The molecular weight excluding hydrogens is 274 g/mol. The van der Waals surface area contributed by atoms with Crippen LogP contribution in [0.5, 0.6) is 0 Å². The number of rotatable bonds is 8. The van der Waals surface area contributed by atoms with Gasteiger partial charge in [-0.1, -0.05) is 0 Å². The van der Waals surface area contributed by atoms with E-state index in [0.717, 1.165) is 19.1 Å². The van der Waals surface area contributed by atoms with Crippen molar-refractivity contribution in [1.82, 2.24) is 14.9 Å². The van der Waals surface area contributed by atoms with Gasteiger partial charge in [-0.25, -0.2) is 17.9 Å². The minimum atomic E-state index is -3.21. The Morgan fingerprint density at radius 1 is 1.32 bits per heavy atom. The first-order chi connectivity index (χ1) is 8.79. The van der Waals surface area contributed by atoms with E-state index in [9.17, 15) is 18.0 Å². The fourth-order valence-corrected chi connectivity index (χ4v) is 2.06. The van der Waals surface area contributed by atoms with Crippen LogP contribution in [-0.2, 0) is 14.8 Å². The summed E-state index contributed by atoms with van der Waals surface area (Å²) in [5.74, 6) is -1.04. The molecule has 19 heavy (non-hydrogen) atoms. The third-order valence-electron chi connectivity index (χ3n) is 2.55. The molecule has 0 bridgehead atoms. The van der Waals surface area contributed by atoms with Gasteiger partial charge < -0.3 is 15.3 Å². The summed E-state index contributed by atoms with van der Waals surface area (Å²) in [6.45, 7) is 0.226. The molecule has 1 fully saturated rings. The van der Waals surface area contributed by atoms with E-state index in [1.165, 1.54) is 4.90 Å². The first-order valence-electron chi connectivity index (χ1n) is 6.00. The van der Waals surface area contributed by atoms with Crippen molar-refractivity contribution in [3.05, 3.63) is 0 Å². The van der Waals surface area contributed by atoms with Crippen molar-refractivity contribution in [3.8, 4) is 0 Å². The van der Waals surface area contributed by atoms with Gasteiger partial charge in [0.2, 0.25) is 10.0 Å².